The Kier molecular flexibility index (Phi) is 7.63. The van der Waals surface area contributed by atoms with Crippen molar-refractivity contribution in [1.29, 1.82) is 0 Å². The van der Waals surface area contributed by atoms with E-state index in [4.69, 9.17) is 14.5 Å². The summed E-state index contributed by atoms with van der Waals surface area (Å²) in [6.45, 7) is 11.8. The Labute approximate surface area is 213 Å². The number of fused-ring (bicyclic) bond motifs is 1. The molecule has 4 aromatic rings. The van der Waals surface area contributed by atoms with E-state index >= 15 is 0 Å². The second-order valence-electron chi connectivity index (χ2n) is 9.15. The summed E-state index contributed by atoms with van der Waals surface area (Å²) >= 11 is 0. The van der Waals surface area contributed by atoms with E-state index < -0.39 is 0 Å². The lowest BCUT2D eigenvalue weighted by Gasteiger charge is -2.24. The standard InChI is InChI=1S/C30H35N3O3/c1-7-15-32(30(34)29-21(4)16-20(3)17-22(29)5)19-28-31-26-14-13-25(36-8-2)18-27(26)33(28)23-9-11-24(35-6)12-10-23/h9-14,16-18H,7-8,15,19H2,1-6H3. The molecule has 0 unspecified atom stereocenters. The number of aromatic nitrogens is 2. The van der Waals surface area contributed by atoms with Crippen LogP contribution in [-0.2, 0) is 6.54 Å². The number of amides is 1. The molecular formula is C30H35N3O3. The number of hydrogen-bond donors (Lipinski definition) is 0. The van der Waals surface area contributed by atoms with E-state index in [2.05, 4.69) is 30.5 Å². The molecule has 0 atom stereocenters. The van der Waals surface area contributed by atoms with Crippen LogP contribution in [0.3, 0.4) is 0 Å². The molecule has 0 aliphatic heterocycles. The third-order valence-electron chi connectivity index (χ3n) is 6.34. The number of aryl methyl sites for hydroxylation is 3. The van der Waals surface area contributed by atoms with Crippen LogP contribution in [0.25, 0.3) is 16.7 Å². The van der Waals surface area contributed by atoms with E-state index in [0.717, 1.165) is 62.7 Å². The Balaban J connectivity index is 1.82. The molecule has 36 heavy (non-hydrogen) atoms. The van der Waals surface area contributed by atoms with Crippen molar-refractivity contribution in [3.63, 3.8) is 0 Å². The summed E-state index contributed by atoms with van der Waals surface area (Å²) in [4.78, 5) is 20.7. The highest BCUT2D eigenvalue weighted by Crippen LogP contribution is 2.28. The third-order valence-corrected chi connectivity index (χ3v) is 6.34. The van der Waals surface area contributed by atoms with Gasteiger partial charge in [-0.15, -0.1) is 0 Å². The highest BCUT2D eigenvalue weighted by Gasteiger charge is 2.23. The Hall–Kier alpha value is -3.80. The number of ether oxygens (including phenoxy) is 2. The van der Waals surface area contributed by atoms with Gasteiger partial charge in [0.25, 0.3) is 5.91 Å². The minimum absolute atomic E-state index is 0.0372. The predicted octanol–water partition coefficient (Wildman–Crippen LogP) is 6.41. The van der Waals surface area contributed by atoms with E-state index in [1.165, 1.54) is 0 Å². The van der Waals surface area contributed by atoms with Gasteiger partial charge in [0.1, 0.15) is 17.3 Å². The molecule has 0 saturated heterocycles. The molecular weight excluding hydrogens is 450 g/mol. The van der Waals surface area contributed by atoms with Crippen LogP contribution >= 0.6 is 0 Å². The molecule has 0 spiro atoms. The van der Waals surface area contributed by atoms with Crippen molar-refractivity contribution in [1.82, 2.24) is 14.5 Å². The average Bonchev–Trinajstić information content (AvgIpc) is 3.20. The van der Waals surface area contributed by atoms with Gasteiger partial charge in [-0.1, -0.05) is 24.6 Å². The summed E-state index contributed by atoms with van der Waals surface area (Å²) in [7, 11) is 1.66. The summed E-state index contributed by atoms with van der Waals surface area (Å²) in [5, 5.41) is 0. The summed E-state index contributed by atoms with van der Waals surface area (Å²) in [5.41, 5.74) is 6.69. The van der Waals surface area contributed by atoms with Crippen molar-refractivity contribution in [3.8, 4) is 17.2 Å². The van der Waals surface area contributed by atoms with Crippen molar-refractivity contribution < 1.29 is 14.3 Å². The number of carbonyl (C=O) groups excluding carboxylic acids is 1. The highest BCUT2D eigenvalue weighted by atomic mass is 16.5. The Bertz CT molecular complexity index is 1350. The average molecular weight is 486 g/mol. The molecule has 0 N–H and O–H groups in total. The zero-order valence-electron chi connectivity index (χ0n) is 22.1. The van der Waals surface area contributed by atoms with Gasteiger partial charge in [0.2, 0.25) is 0 Å². The summed E-state index contributed by atoms with van der Waals surface area (Å²) in [5.74, 6) is 2.41. The second-order valence-corrected chi connectivity index (χ2v) is 9.15. The number of hydrogen-bond acceptors (Lipinski definition) is 4. The monoisotopic (exact) mass is 485 g/mol. The first-order chi connectivity index (χ1) is 17.4. The molecule has 1 amide bonds. The van der Waals surface area contributed by atoms with Crippen LogP contribution in [0.15, 0.2) is 54.6 Å². The SMILES string of the molecule is CCCN(Cc1nc2ccc(OCC)cc2n1-c1ccc(OC)cc1)C(=O)c1c(C)cc(C)cc1C. The van der Waals surface area contributed by atoms with E-state index in [1.807, 2.05) is 68.1 Å². The number of nitrogens with zero attached hydrogens (tertiary/aromatic N) is 3. The molecule has 6 nitrogen and oxygen atoms in total. The number of methoxy groups -OCH3 is 1. The fraction of sp³-hybridized carbons (Fsp3) is 0.333. The maximum Gasteiger partial charge on any atom is 0.254 e. The third kappa shape index (κ3) is 5.08. The maximum absolute atomic E-state index is 13.8. The first-order valence-corrected chi connectivity index (χ1v) is 12.5. The number of imidazole rings is 1. The normalized spacial score (nSPS) is 11.1. The van der Waals surface area contributed by atoms with Crippen molar-refractivity contribution in [2.45, 2.75) is 47.6 Å². The van der Waals surface area contributed by atoms with E-state index in [1.54, 1.807) is 7.11 Å². The number of rotatable bonds is 9. The Morgan fingerprint density at radius 2 is 1.61 bits per heavy atom. The van der Waals surface area contributed by atoms with Crippen LogP contribution in [0.5, 0.6) is 11.5 Å². The molecule has 0 fully saturated rings. The van der Waals surface area contributed by atoms with Gasteiger partial charge in [-0.05, 0) is 81.6 Å². The Morgan fingerprint density at radius 3 is 2.22 bits per heavy atom. The zero-order valence-corrected chi connectivity index (χ0v) is 22.1. The molecule has 0 bridgehead atoms. The van der Waals surface area contributed by atoms with Crippen LogP contribution in [-0.4, -0.2) is 40.6 Å². The molecule has 4 rings (SSSR count). The largest absolute Gasteiger partial charge is 0.497 e. The molecule has 0 saturated carbocycles. The highest BCUT2D eigenvalue weighted by molar-refractivity contribution is 5.97. The molecule has 3 aromatic carbocycles. The molecule has 0 aliphatic rings. The summed E-state index contributed by atoms with van der Waals surface area (Å²) < 4.78 is 13.3. The van der Waals surface area contributed by atoms with Crippen molar-refractivity contribution in [2.75, 3.05) is 20.3 Å². The summed E-state index contributed by atoms with van der Waals surface area (Å²) in [6.07, 6.45) is 0.854. The predicted molar refractivity (Wildman–Crippen MR) is 144 cm³/mol. The van der Waals surface area contributed by atoms with Crippen molar-refractivity contribution >= 4 is 16.9 Å². The van der Waals surface area contributed by atoms with E-state index in [9.17, 15) is 4.79 Å². The van der Waals surface area contributed by atoms with Gasteiger partial charge < -0.3 is 14.4 Å². The van der Waals surface area contributed by atoms with Gasteiger partial charge in [-0.2, -0.15) is 0 Å². The summed E-state index contributed by atoms with van der Waals surface area (Å²) in [6, 6.07) is 18.0. The van der Waals surface area contributed by atoms with Gasteiger partial charge in [0.05, 0.1) is 31.3 Å². The minimum atomic E-state index is 0.0372. The van der Waals surface area contributed by atoms with Crippen LogP contribution in [0, 0.1) is 20.8 Å². The Morgan fingerprint density at radius 1 is 0.944 bits per heavy atom. The maximum atomic E-state index is 13.8. The van der Waals surface area contributed by atoms with Crippen LogP contribution < -0.4 is 9.47 Å². The van der Waals surface area contributed by atoms with Gasteiger partial charge in [0.15, 0.2) is 0 Å². The molecule has 6 heteroatoms. The topological polar surface area (TPSA) is 56.6 Å². The second kappa shape index (κ2) is 10.9. The molecule has 1 aromatic heterocycles. The van der Waals surface area contributed by atoms with Gasteiger partial charge in [-0.3, -0.25) is 9.36 Å². The van der Waals surface area contributed by atoms with Crippen LogP contribution in [0.1, 0.15) is 53.1 Å². The van der Waals surface area contributed by atoms with Crippen molar-refractivity contribution in [2.24, 2.45) is 0 Å². The van der Waals surface area contributed by atoms with Gasteiger partial charge in [-0.25, -0.2) is 4.98 Å². The van der Waals surface area contributed by atoms with Crippen LogP contribution in [0.4, 0.5) is 0 Å². The fourth-order valence-corrected chi connectivity index (χ4v) is 4.86. The van der Waals surface area contributed by atoms with Crippen molar-refractivity contribution in [3.05, 3.63) is 82.7 Å². The smallest absolute Gasteiger partial charge is 0.254 e. The lowest BCUT2D eigenvalue weighted by atomic mass is 9.98. The molecule has 0 radical (unpaired) electrons. The van der Waals surface area contributed by atoms with Gasteiger partial charge >= 0.3 is 0 Å². The number of carbonyl (C=O) groups is 1. The molecule has 1 heterocycles. The molecule has 0 aliphatic carbocycles. The zero-order chi connectivity index (χ0) is 25.8. The fourth-order valence-electron chi connectivity index (χ4n) is 4.86. The molecule has 188 valence electrons. The number of benzene rings is 3. The lowest BCUT2D eigenvalue weighted by molar-refractivity contribution is 0.0737. The first kappa shape index (κ1) is 25.3. The van der Waals surface area contributed by atoms with E-state index in [0.29, 0.717) is 19.7 Å². The van der Waals surface area contributed by atoms with E-state index in [-0.39, 0.29) is 5.91 Å². The lowest BCUT2D eigenvalue weighted by Crippen LogP contribution is -2.33. The van der Waals surface area contributed by atoms with Gasteiger partial charge in [0, 0.05) is 23.9 Å². The first-order valence-electron chi connectivity index (χ1n) is 12.5. The minimum Gasteiger partial charge on any atom is -0.497 e. The van der Waals surface area contributed by atoms with Crippen LogP contribution in [0.2, 0.25) is 0 Å². The quantitative estimate of drug-likeness (QED) is 0.275.